The molecule has 0 aromatic carbocycles. The van der Waals surface area contributed by atoms with E-state index < -0.39 is 0 Å². The zero-order valence-electron chi connectivity index (χ0n) is 8.55. The molecular formula is C9H16N2O3. The molecule has 0 aliphatic heterocycles. The third kappa shape index (κ3) is 6.16. The molecule has 0 aliphatic rings. The Balaban J connectivity index is 3.75. The van der Waals surface area contributed by atoms with E-state index >= 15 is 0 Å². The second-order valence-corrected chi connectivity index (χ2v) is 2.80. The fourth-order valence-corrected chi connectivity index (χ4v) is 0.940. The van der Waals surface area contributed by atoms with Crippen LogP contribution in [0, 0.1) is 0 Å². The first kappa shape index (κ1) is 12.6. The summed E-state index contributed by atoms with van der Waals surface area (Å²) in [5.74, 6) is -1.02. The van der Waals surface area contributed by atoms with Crippen molar-refractivity contribution in [2.75, 3.05) is 13.1 Å². The standard InChI is InChI=1S/C9H16N2O3/c1-3-10-8(13)5-7(12)6-9(14)11-4-2/h3-6H2,1-2H3,(H,10,13)(H,11,14). The summed E-state index contributed by atoms with van der Waals surface area (Å²) in [4.78, 5) is 33.0. The number of hydrogen-bond acceptors (Lipinski definition) is 3. The Labute approximate surface area is 83.2 Å². The molecule has 0 aromatic rings. The summed E-state index contributed by atoms with van der Waals surface area (Å²) in [5, 5.41) is 4.98. The minimum absolute atomic E-state index is 0.217. The Morgan fingerprint density at radius 3 is 1.50 bits per heavy atom. The molecule has 0 heterocycles. The molecule has 5 nitrogen and oxygen atoms in total. The Morgan fingerprint density at radius 2 is 1.21 bits per heavy atom. The minimum atomic E-state index is -0.359. The fourth-order valence-electron chi connectivity index (χ4n) is 0.940. The highest BCUT2D eigenvalue weighted by Gasteiger charge is 2.12. The van der Waals surface area contributed by atoms with Gasteiger partial charge in [0.25, 0.3) is 0 Å². The lowest BCUT2D eigenvalue weighted by Gasteiger charge is -2.02. The third-order valence-electron chi connectivity index (χ3n) is 1.46. The average molecular weight is 200 g/mol. The molecule has 2 amide bonds. The van der Waals surface area contributed by atoms with Crippen molar-refractivity contribution in [3.05, 3.63) is 0 Å². The lowest BCUT2D eigenvalue weighted by Crippen LogP contribution is -2.29. The maximum absolute atomic E-state index is 11.1. The molecule has 2 N–H and O–H groups in total. The summed E-state index contributed by atoms with van der Waals surface area (Å²) < 4.78 is 0. The summed E-state index contributed by atoms with van der Waals surface area (Å²) in [5.41, 5.74) is 0. The first-order valence-electron chi connectivity index (χ1n) is 4.65. The van der Waals surface area contributed by atoms with Gasteiger partial charge in [-0.2, -0.15) is 0 Å². The molecule has 0 saturated heterocycles. The van der Waals surface area contributed by atoms with Crippen LogP contribution in [0.1, 0.15) is 26.7 Å². The van der Waals surface area contributed by atoms with Crippen LogP contribution in [0.4, 0.5) is 0 Å². The highest BCUT2D eigenvalue weighted by atomic mass is 16.2. The molecule has 0 spiro atoms. The SMILES string of the molecule is CCNC(=O)CC(=O)CC(=O)NCC. The van der Waals surface area contributed by atoms with E-state index in [1.165, 1.54) is 0 Å². The Morgan fingerprint density at radius 1 is 0.857 bits per heavy atom. The second kappa shape index (κ2) is 7.06. The lowest BCUT2D eigenvalue weighted by molar-refractivity contribution is -0.131. The average Bonchev–Trinajstić information content (AvgIpc) is 2.03. The summed E-state index contributed by atoms with van der Waals surface area (Å²) in [6.45, 7) is 4.53. The summed E-state index contributed by atoms with van der Waals surface area (Å²) in [7, 11) is 0. The third-order valence-corrected chi connectivity index (χ3v) is 1.46. The van der Waals surface area contributed by atoms with Crippen molar-refractivity contribution in [1.29, 1.82) is 0 Å². The van der Waals surface area contributed by atoms with Crippen molar-refractivity contribution in [1.82, 2.24) is 10.6 Å². The van der Waals surface area contributed by atoms with Crippen LogP contribution in [-0.2, 0) is 14.4 Å². The van der Waals surface area contributed by atoms with Gasteiger partial charge >= 0.3 is 0 Å². The number of ketones is 1. The van der Waals surface area contributed by atoms with Gasteiger partial charge in [-0.1, -0.05) is 0 Å². The monoisotopic (exact) mass is 200 g/mol. The van der Waals surface area contributed by atoms with Crippen LogP contribution in [0.15, 0.2) is 0 Å². The van der Waals surface area contributed by atoms with Crippen LogP contribution in [0.5, 0.6) is 0 Å². The van der Waals surface area contributed by atoms with Gasteiger partial charge < -0.3 is 10.6 Å². The maximum Gasteiger partial charge on any atom is 0.227 e. The summed E-state index contributed by atoms with van der Waals surface area (Å²) >= 11 is 0. The van der Waals surface area contributed by atoms with Crippen LogP contribution in [0.3, 0.4) is 0 Å². The van der Waals surface area contributed by atoms with Gasteiger partial charge in [0.15, 0.2) is 5.78 Å². The molecule has 0 fully saturated rings. The number of amides is 2. The molecule has 14 heavy (non-hydrogen) atoms. The zero-order chi connectivity index (χ0) is 11.0. The number of carbonyl (C=O) groups excluding carboxylic acids is 3. The summed E-state index contributed by atoms with van der Waals surface area (Å²) in [6, 6.07) is 0. The predicted molar refractivity (Wildman–Crippen MR) is 51.6 cm³/mol. The van der Waals surface area contributed by atoms with Crippen LogP contribution in [-0.4, -0.2) is 30.7 Å². The lowest BCUT2D eigenvalue weighted by atomic mass is 10.2. The van der Waals surface area contributed by atoms with E-state index in [4.69, 9.17) is 0 Å². The van der Waals surface area contributed by atoms with Gasteiger partial charge in [0.1, 0.15) is 0 Å². The normalized spacial score (nSPS) is 9.29. The van der Waals surface area contributed by atoms with Crippen molar-refractivity contribution in [3.8, 4) is 0 Å². The Kier molecular flexibility index (Phi) is 6.36. The molecule has 0 unspecified atom stereocenters. The van der Waals surface area contributed by atoms with E-state index in [-0.39, 0.29) is 30.4 Å². The predicted octanol–water partition coefficient (Wildman–Crippen LogP) is -0.392. The van der Waals surface area contributed by atoms with Crippen LogP contribution < -0.4 is 10.6 Å². The first-order chi connectivity index (χ1) is 6.60. The number of Topliss-reactive ketones (excluding diaryl/α,β-unsaturated/α-hetero) is 1. The van der Waals surface area contributed by atoms with E-state index in [0.29, 0.717) is 13.1 Å². The molecule has 0 aromatic heterocycles. The second-order valence-electron chi connectivity index (χ2n) is 2.80. The van der Waals surface area contributed by atoms with Gasteiger partial charge in [-0.15, -0.1) is 0 Å². The van der Waals surface area contributed by atoms with Crippen molar-refractivity contribution in [2.45, 2.75) is 26.7 Å². The fraction of sp³-hybridized carbons (Fsp3) is 0.667. The van der Waals surface area contributed by atoms with Crippen molar-refractivity contribution in [2.24, 2.45) is 0 Å². The Hall–Kier alpha value is -1.39. The Bertz CT molecular complexity index is 204. The van der Waals surface area contributed by atoms with Gasteiger partial charge in [-0.05, 0) is 13.8 Å². The molecule has 0 saturated carbocycles. The van der Waals surface area contributed by atoms with Gasteiger partial charge in [-0.25, -0.2) is 0 Å². The van der Waals surface area contributed by atoms with E-state index in [1.807, 2.05) is 0 Å². The van der Waals surface area contributed by atoms with Crippen LogP contribution in [0.25, 0.3) is 0 Å². The van der Waals surface area contributed by atoms with Gasteiger partial charge in [-0.3, -0.25) is 14.4 Å². The number of carbonyl (C=O) groups is 3. The molecule has 0 radical (unpaired) electrons. The zero-order valence-corrected chi connectivity index (χ0v) is 8.55. The largest absolute Gasteiger partial charge is 0.356 e. The molecular weight excluding hydrogens is 184 g/mol. The van der Waals surface area contributed by atoms with Crippen molar-refractivity contribution >= 4 is 17.6 Å². The molecule has 80 valence electrons. The van der Waals surface area contributed by atoms with E-state index in [2.05, 4.69) is 10.6 Å². The quantitative estimate of drug-likeness (QED) is 0.573. The van der Waals surface area contributed by atoms with Crippen LogP contribution >= 0.6 is 0 Å². The summed E-state index contributed by atoms with van der Waals surface area (Å²) in [6.07, 6.45) is -0.435. The van der Waals surface area contributed by atoms with Gasteiger partial charge in [0.05, 0.1) is 12.8 Å². The van der Waals surface area contributed by atoms with E-state index in [9.17, 15) is 14.4 Å². The van der Waals surface area contributed by atoms with E-state index in [0.717, 1.165) is 0 Å². The van der Waals surface area contributed by atoms with Crippen molar-refractivity contribution < 1.29 is 14.4 Å². The van der Waals surface area contributed by atoms with E-state index in [1.54, 1.807) is 13.8 Å². The first-order valence-corrected chi connectivity index (χ1v) is 4.65. The molecule has 5 heteroatoms. The smallest absolute Gasteiger partial charge is 0.227 e. The molecule has 0 atom stereocenters. The molecule has 0 rings (SSSR count). The van der Waals surface area contributed by atoms with Gasteiger partial charge in [0, 0.05) is 13.1 Å². The minimum Gasteiger partial charge on any atom is -0.356 e. The van der Waals surface area contributed by atoms with Gasteiger partial charge in [0.2, 0.25) is 11.8 Å². The highest BCUT2D eigenvalue weighted by molar-refractivity contribution is 6.06. The maximum atomic E-state index is 11.1. The van der Waals surface area contributed by atoms with Crippen molar-refractivity contribution in [3.63, 3.8) is 0 Å². The topological polar surface area (TPSA) is 75.3 Å². The molecule has 0 aliphatic carbocycles. The number of nitrogens with one attached hydrogen (secondary N) is 2. The number of rotatable bonds is 6. The highest BCUT2D eigenvalue weighted by Crippen LogP contribution is 1.90. The van der Waals surface area contributed by atoms with Crippen LogP contribution in [0.2, 0.25) is 0 Å². The molecule has 0 bridgehead atoms. The number of hydrogen-bond donors (Lipinski definition) is 2.